The second-order valence-corrected chi connectivity index (χ2v) is 3.66. The Bertz CT molecular complexity index is 566. The molecule has 0 unspecified atom stereocenters. The van der Waals surface area contributed by atoms with Gasteiger partial charge in [0.1, 0.15) is 6.33 Å². The molecule has 1 aromatic carbocycles. The smallest absolute Gasteiger partial charge is 0.294 e. The zero-order valence-electron chi connectivity index (χ0n) is 9.95. The summed E-state index contributed by atoms with van der Waals surface area (Å²) >= 11 is 0. The molecule has 0 aliphatic carbocycles. The molecule has 5 nitrogen and oxygen atoms in total. The number of amides is 1. The lowest BCUT2D eigenvalue weighted by Crippen LogP contribution is -2.33. The van der Waals surface area contributed by atoms with E-state index >= 15 is 0 Å². The van der Waals surface area contributed by atoms with E-state index in [1.807, 2.05) is 13.0 Å². The van der Waals surface area contributed by atoms with Crippen LogP contribution in [0, 0.1) is 11.3 Å². The summed E-state index contributed by atoms with van der Waals surface area (Å²) < 4.78 is 1.42. The number of nitrogens with zero attached hydrogens (tertiary/aromatic N) is 4. The molecule has 2 rings (SSSR count). The van der Waals surface area contributed by atoms with Crippen molar-refractivity contribution in [3.05, 3.63) is 48.5 Å². The Morgan fingerprint density at radius 1 is 1.44 bits per heavy atom. The van der Waals surface area contributed by atoms with Gasteiger partial charge in [-0.05, 0) is 31.2 Å². The van der Waals surface area contributed by atoms with E-state index < -0.39 is 0 Å². The van der Waals surface area contributed by atoms with Gasteiger partial charge in [-0.25, -0.2) is 9.78 Å². The molecule has 0 radical (unpaired) electrons. The van der Waals surface area contributed by atoms with Crippen LogP contribution < -0.4 is 4.90 Å². The molecule has 0 atom stereocenters. The van der Waals surface area contributed by atoms with Crippen LogP contribution in [0.3, 0.4) is 0 Å². The van der Waals surface area contributed by atoms with Crippen molar-refractivity contribution in [3.8, 4) is 6.07 Å². The summed E-state index contributed by atoms with van der Waals surface area (Å²) in [6.45, 7) is 2.44. The summed E-state index contributed by atoms with van der Waals surface area (Å²) in [4.78, 5) is 17.6. The number of hydrogen-bond donors (Lipinski definition) is 0. The van der Waals surface area contributed by atoms with Crippen LogP contribution in [0.25, 0.3) is 0 Å². The molecule has 0 aliphatic heterocycles. The lowest BCUT2D eigenvalue weighted by atomic mass is 10.2. The molecule has 1 heterocycles. The molecule has 0 N–H and O–H groups in total. The number of rotatable bonds is 2. The van der Waals surface area contributed by atoms with Gasteiger partial charge in [0.05, 0.1) is 11.6 Å². The molecule has 1 amide bonds. The highest BCUT2D eigenvalue weighted by Crippen LogP contribution is 2.16. The number of carbonyl (C=O) groups is 1. The maximum atomic E-state index is 12.2. The highest BCUT2D eigenvalue weighted by molar-refractivity contribution is 5.93. The zero-order valence-corrected chi connectivity index (χ0v) is 9.95. The van der Waals surface area contributed by atoms with Crippen LogP contribution >= 0.6 is 0 Å². The fraction of sp³-hybridized carbons (Fsp3) is 0.154. The molecule has 0 spiro atoms. The third-order valence-corrected chi connectivity index (χ3v) is 2.58. The molecule has 0 fully saturated rings. The van der Waals surface area contributed by atoms with Crippen molar-refractivity contribution in [1.82, 2.24) is 9.55 Å². The van der Waals surface area contributed by atoms with E-state index in [1.54, 1.807) is 41.6 Å². The van der Waals surface area contributed by atoms with Gasteiger partial charge in [-0.3, -0.25) is 9.47 Å². The number of nitriles is 1. The molecular weight excluding hydrogens is 228 g/mol. The summed E-state index contributed by atoms with van der Waals surface area (Å²) in [5.41, 5.74) is 1.33. The second-order valence-electron chi connectivity index (χ2n) is 3.66. The first-order chi connectivity index (χ1) is 8.76. The van der Waals surface area contributed by atoms with Crippen LogP contribution in [0.1, 0.15) is 12.5 Å². The average molecular weight is 240 g/mol. The second kappa shape index (κ2) is 5.15. The number of imidazole rings is 1. The SMILES string of the molecule is CCN(C(=O)n1ccnc1)c1ccc(C#N)cc1. The van der Waals surface area contributed by atoms with E-state index in [0.717, 1.165) is 5.69 Å². The first-order valence-corrected chi connectivity index (χ1v) is 5.56. The summed E-state index contributed by atoms with van der Waals surface area (Å²) in [6, 6.07) is 8.79. The largest absolute Gasteiger partial charge is 0.333 e. The first kappa shape index (κ1) is 11.9. The van der Waals surface area contributed by atoms with Crippen molar-refractivity contribution in [2.45, 2.75) is 6.92 Å². The number of carbonyl (C=O) groups excluding carboxylic acids is 1. The normalized spacial score (nSPS) is 9.78. The molecule has 0 aliphatic rings. The highest BCUT2D eigenvalue weighted by atomic mass is 16.2. The molecule has 0 saturated carbocycles. The van der Waals surface area contributed by atoms with E-state index in [1.165, 1.54) is 10.9 Å². The van der Waals surface area contributed by atoms with Crippen LogP contribution in [0.2, 0.25) is 0 Å². The third-order valence-electron chi connectivity index (χ3n) is 2.58. The summed E-state index contributed by atoms with van der Waals surface area (Å²) in [7, 11) is 0. The quantitative estimate of drug-likeness (QED) is 0.808. The summed E-state index contributed by atoms with van der Waals surface area (Å²) in [5.74, 6) is 0. The van der Waals surface area contributed by atoms with Crippen LogP contribution in [0.5, 0.6) is 0 Å². The average Bonchev–Trinajstić information content (AvgIpc) is 2.94. The summed E-state index contributed by atoms with van der Waals surface area (Å²) in [5, 5.41) is 8.74. The monoisotopic (exact) mass is 240 g/mol. The minimum absolute atomic E-state index is 0.167. The van der Waals surface area contributed by atoms with Crippen molar-refractivity contribution in [2.75, 3.05) is 11.4 Å². The maximum Gasteiger partial charge on any atom is 0.333 e. The van der Waals surface area contributed by atoms with Crippen molar-refractivity contribution in [3.63, 3.8) is 0 Å². The predicted octanol–water partition coefficient (Wildman–Crippen LogP) is 2.25. The van der Waals surface area contributed by atoms with E-state index in [0.29, 0.717) is 12.1 Å². The van der Waals surface area contributed by atoms with Gasteiger partial charge in [0.15, 0.2) is 0 Å². The van der Waals surface area contributed by atoms with Crippen LogP contribution in [0.4, 0.5) is 10.5 Å². The fourth-order valence-corrected chi connectivity index (χ4v) is 1.66. The molecule has 0 saturated heterocycles. The minimum atomic E-state index is -0.167. The first-order valence-electron chi connectivity index (χ1n) is 5.56. The van der Waals surface area contributed by atoms with Crippen LogP contribution in [-0.4, -0.2) is 22.1 Å². The van der Waals surface area contributed by atoms with Gasteiger partial charge < -0.3 is 0 Å². The molecular formula is C13H12N4O. The van der Waals surface area contributed by atoms with Gasteiger partial charge in [0.25, 0.3) is 0 Å². The standard InChI is InChI=1S/C13H12N4O/c1-2-17(13(18)16-8-7-15-10-16)12-5-3-11(9-14)4-6-12/h3-8,10H,2H2,1H3. The van der Waals surface area contributed by atoms with E-state index in [-0.39, 0.29) is 6.03 Å². The van der Waals surface area contributed by atoms with Crippen LogP contribution in [-0.2, 0) is 0 Å². The fourth-order valence-electron chi connectivity index (χ4n) is 1.66. The molecule has 2 aromatic rings. The Morgan fingerprint density at radius 3 is 2.67 bits per heavy atom. The predicted molar refractivity (Wildman–Crippen MR) is 67.2 cm³/mol. The third kappa shape index (κ3) is 2.23. The summed E-state index contributed by atoms with van der Waals surface area (Å²) in [6.07, 6.45) is 4.63. The van der Waals surface area contributed by atoms with Crippen LogP contribution in [0.15, 0.2) is 43.0 Å². The number of aromatic nitrogens is 2. The van der Waals surface area contributed by atoms with Gasteiger partial charge in [-0.2, -0.15) is 5.26 Å². The number of benzene rings is 1. The molecule has 5 heteroatoms. The van der Waals surface area contributed by atoms with Gasteiger partial charge in [-0.1, -0.05) is 0 Å². The van der Waals surface area contributed by atoms with Crippen molar-refractivity contribution in [1.29, 1.82) is 5.26 Å². The van der Waals surface area contributed by atoms with Gasteiger partial charge in [0.2, 0.25) is 0 Å². The van der Waals surface area contributed by atoms with Gasteiger partial charge in [0, 0.05) is 24.6 Å². The Balaban J connectivity index is 2.28. The lowest BCUT2D eigenvalue weighted by Gasteiger charge is -2.20. The molecule has 18 heavy (non-hydrogen) atoms. The van der Waals surface area contributed by atoms with E-state index in [9.17, 15) is 4.79 Å². The molecule has 1 aromatic heterocycles. The Kier molecular flexibility index (Phi) is 3.39. The van der Waals surface area contributed by atoms with E-state index in [4.69, 9.17) is 5.26 Å². The molecule has 0 bridgehead atoms. The Labute approximate surface area is 105 Å². The zero-order chi connectivity index (χ0) is 13.0. The molecule has 90 valence electrons. The number of hydrogen-bond acceptors (Lipinski definition) is 3. The van der Waals surface area contributed by atoms with Crippen molar-refractivity contribution < 1.29 is 4.79 Å². The van der Waals surface area contributed by atoms with Gasteiger partial charge in [-0.15, -0.1) is 0 Å². The Hall–Kier alpha value is -2.61. The topological polar surface area (TPSA) is 61.9 Å². The Morgan fingerprint density at radius 2 is 2.17 bits per heavy atom. The van der Waals surface area contributed by atoms with Crippen molar-refractivity contribution in [2.24, 2.45) is 0 Å². The number of anilines is 1. The lowest BCUT2D eigenvalue weighted by molar-refractivity contribution is 0.248. The van der Waals surface area contributed by atoms with E-state index in [2.05, 4.69) is 4.98 Å². The van der Waals surface area contributed by atoms with Gasteiger partial charge >= 0.3 is 6.03 Å². The maximum absolute atomic E-state index is 12.2. The minimum Gasteiger partial charge on any atom is -0.294 e. The highest BCUT2D eigenvalue weighted by Gasteiger charge is 2.15. The van der Waals surface area contributed by atoms with Crippen molar-refractivity contribution >= 4 is 11.7 Å².